The van der Waals surface area contributed by atoms with Crippen molar-refractivity contribution in [1.29, 1.82) is 0 Å². The monoisotopic (exact) mass is 321 g/mol. The molecular formula is C17H24BrN. The first-order chi connectivity index (χ1) is 8.99. The summed E-state index contributed by atoms with van der Waals surface area (Å²) in [7, 11) is 0. The molecule has 0 spiro atoms. The maximum atomic E-state index is 3.78. The van der Waals surface area contributed by atoms with Crippen molar-refractivity contribution in [2.24, 2.45) is 5.92 Å². The Morgan fingerprint density at radius 1 is 1.21 bits per heavy atom. The Morgan fingerprint density at radius 3 is 2.42 bits per heavy atom. The lowest BCUT2D eigenvalue weighted by Crippen LogP contribution is -2.07. The summed E-state index contributed by atoms with van der Waals surface area (Å²) in [4.78, 5) is 0. The van der Waals surface area contributed by atoms with Crippen LogP contribution in [0.15, 0.2) is 71.1 Å². The molecule has 0 saturated carbocycles. The summed E-state index contributed by atoms with van der Waals surface area (Å²) in [5.74, 6) is 0.540. The van der Waals surface area contributed by atoms with Crippen molar-refractivity contribution in [2.45, 2.75) is 27.7 Å². The topological polar surface area (TPSA) is 12.0 Å². The Bertz CT molecular complexity index is 421. The van der Waals surface area contributed by atoms with Crippen LogP contribution in [0.25, 0.3) is 0 Å². The Kier molecular flexibility index (Phi) is 9.91. The molecule has 0 amide bonds. The molecule has 0 aliphatic heterocycles. The van der Waals surface area contributed by atoms with E-state index in [0.29, 0.717) is 5.92 Å². The summed E-state index contributed by atoms with van der Waals surface area (Å²) in [6.07, 6.45) is 16.0. The fraction of sp³-hybridized carbons (Fsp3) is 0.294. The van der Waals surface area contributed by atoms with Crippen molar-refractivity contribution >= 4 is 15.9 Å². The minimum Gasteiger partial charge on any atom is -0.359 e. The largest absolute Gasteiger partial charge is 0.359 e. The van der Waals surface area contributed by atoms with Gasteiger partial charge in [-0.25, -0.2) is 0 Å². The van der Waals surface area contributed by atoms with Crippen molar-refractivity contribution < 1.29 is 0 Å². The minimum absolute atomic E-state index is 0.540. The van der Waals surface area contributed by atoms with Crippen molar-refractivity contribution in [3.8, 4) is 0 Å². The fourth-order valence-corrected chi connectivity index (χ4v) is 1.97. The van der Waals surface area contributed by atoms with Gasteiger partial charge in [0.05, 0.1) is 0 Å². The zero-order chi connectivity index (χ0) is 14.7. The smallest absolute Gasteiger partial charge is 0.0375 e. The van der Waals surface area contributed by atoms with Crippen LogP contribution in [0.4, 0.5) is 0 Å². The van der Waals surface area contributed by atoms with Gasteiger partial charge in [0.2, 0.25) is 0 Å². The molecule has 0 aliphatic rings. The third-order valence-electron chi connectivity index (χ3n) is 2.12. The second kappa shape index (κ2) is 10.6. The van der Waals surface area contributed by atoms with E-state index >= 15 is 0 Å². The van der Waals surface area contributed by atoms with E-state index in [2.05, 4.69) is 47.7 Å². The SMILES string of the molecule is C=C/C(=C\C=C/C)N/C(C)=C/C=C\C(Br)=CC(C)C. The van der Waals surface area contributed by atoms with E-state index in [0.717, 1.165) is 15.9 Å². The van der Waals surface area contributed by atoms with E-state index in [1.165, 1.54) is 0 Å². The zero-order valence-electron chi connectivity index (χ0n) is 12.3. The molecule has 0 heterocycles. The van der Waals surface area contributed by atoms with Crippen LogP contribution in [0.5, 0.6) is 0 Å². The molecule has 0 aromatic heterocycles. The molecule has 0 saturated heterocycles. The van der Waals surface area contributed by atoms with Gasteiger partial charge in [0, 0.05) is 15.9 Å². The highest BCUT2D eigenvalue weighted by Gasteiger charge is 1.90. The van der Waals surface area contributed by atoms with E-state index in [4.69, 9.17) is 0 Å². The van der Waals surface area contributed by atoms with Gasteiger partial charge in [-0.15, -0.1) is 0 Å². The van der Waals surface area contributed by atoms with Crippen LogP contribution in [0.1, 0.15) is 27.7 Å². The highest BCUT2D eigenvalue weighted by molar-refractivity contribution is 9.11. The Morgan fingerprint density at radius 2 is 1.89 bits per heavy atom. The van der Waals surface area contributed by atoms with Crippen LogP contribution >= 0.6 is 15.9 Å². The summed E-state index contributed by atoms with van der Waals surface area (Å²) < 4.78 is 1.10. The molecule has 104 valence electrons. The lowest BCUT2D eigenvalue weighted by molar-refractivity contribution is 0.831. The number of rotatable bonds is 7. The highest BCUT2D eigenvalue weighted by atomic mass is 79.9. The lowest BCUT2D eigenvalue weighted by atomic mass is 10.2. The van der Waals surface area contributed by atoms with E-state index < -0.39 is 0 Å². The summed E-state index contributed by atoms with van der Waals surface area (Å²) >= 11 is 3.52. The number of hydrogen-bond donors (Lipinski definition) is 1. The van der Waals surface area contributed by atoms with Crippen LogP contribution in [0, 0.1) is 5.92 Å². The first kappa shape index (κ1) is 17.7. The van der Waals surface area contributed by atoms with Crippen LogP contribution in [-0.2, 0) is 0 Å². The second-order valence-electron chi connectivity index (χ2n) is 4.48. The molecule has 0 radical (unpaired) electrons. The number of halogens is 1. The first-order valence-corrected chi connectivity index (χ1v) is 7.23. The van der Waals surface area contributed by atoms with Crippen molar-refractivity contribution in [2.75, 3.05) is 0 Å². The third kappa shape index (κ3) is 10.3. The van der Waals surface area contributed by atoms with E-state index in [-0.39, 0.29) is 0 Å². The molecule has 0 atom stereocenters. The average Bonchev–Trinajstić information content (AvgIpc) is 2.33. The van der Waals surface area contributed by atoms with Gasteiger partial charge < -0.3 is 5.32 Å². The van der Waals surface area contributed by atoms with Gasteiger partial charge in [-0.2, -0.15) is 0 Å². The normalized spacial score (nSPS) is 14.7. The molecule has 0 fully saturated rings. The predicted octanol–water partition coefficient (Wildman–Crippen LogP) is 5.62. The zero-order valence-corrected chi connectivity index (χ0v) is 13.9. The van der Waals surface area contributed by atoms with Gasteiger partial charge in [-0.3, -0.25) is 0 Å². The molecule has 0 unspecified atom stereocenters. The quantitative estimate of drug-likeness (QED) is 0.600. The summed E-state index contributed by atoms with van der Waals surface area (Å²) in [6.45, 7) is 12.1. The van der Waals surface area contributed by atoms with Gasteiger partial charge in [-0.05, 0) is 44.1 Å². The number of allylic oxidation sites excluding steroid dienone is 10. The van der Waals surface area contributed by atoms with E-state index in [9.17, 15) is 0 Å². The maximum Gasteiger partial charge on any atom is 0.0375 e. The van der Waals surface area contributed by atoms with Gasteiger partial charge in [0.15, 0.2) is 0 Å². The summed E-state index contributed by atoms with van der Waals surface area (Å²) in [5, 5.41) is 3.28. The molecule has 0 bridgehead atoms. The third-order valence-corrected chi connectivity index (χ3v) is 2.65. The van der Waals surface area contributed by atoms with Gasteiger partial charge in [0.1, 0.15) is 0 Å². The molecule has 19 heavy (non-hydrogen) atoms. The molecular weight excluding hydrogens is 298 g/mol. The van der Waals surface area contributed by atoms with E-state index in [1.807, 2.05) is 50.3 Å². The molecule has 1 N–H and O–H groups in total. The molecule has 1 nitrogen and oxygen atoms in total. The first-order valence-electron chi connectivity index (χ1n) is 6.44. The van der Waals surface area contributed by atoms with Gasteiger partial charge in [-0.1, -0.05) is 60.7 Å². The molecule has 0 aromatic rings. The highest BCUT2D eigenvalue weighted by Crippen LogP contribution is 2.11. The van der Waals surface area contributed by atoms with Crippen LogP contribution in [0.2, 0.25) is 0 Å². The number of hydrogen-bond acceptors (Lipinski definition) is 1. The molecule has 0 aromatic carbocycles. The summed E-state index contributed by atoms with van der Waals surface area (Å²) in [6, 6.07) is 0. The van der Waals surface area contributed by atoms with Crippen molar-refractivity contribution in [1.82, 2.24) is 5.32 Å². The minimum atomic E-state index is 0.540. The second-order valence-corrected chi connectivity index (χ2v) is 5.40. The standard InChI is InChI=1S/C17H24BrN/c1-6-8-12-17(7-2)19-15(5)10-9-11-16(18)13-14(3)4/h6-14,19H,2H2,1,3-5H3/b8-6-,11-9-,15-10+,16-13?,17-12+. The van der Waals surface area contributed by atoms with Crippen molar-refractivity contribution in [3.05, 3.63) is 71.1 Å². The molecule has 0 aliphatic carbocycles. The Hall–Kier alpha value is -1.28. The summed E-state index contributed by atoms with van der Waals surface area (Å²) in [5.41, 5.74) is 2.05. The molecule has 2 heteroatoms. The average molecular weight is 322 g/mol. The Balaban J connectivity index is 4.58. The lowest BCUT2D eigenvalue weighted by Gasteiger charge is -2.05. The molecule has 0 rings (SSSR count). The van der Waals surface area contributed by atoms with Crippen LogP contribution in [-0.4, -0.2) is 0 Å². The maximum absolute atomic E-state index is 3.78. The van der Waals surface area contributed by atoms with E-state index in [1.54, 1.807) is 6.08 Å². The Labute approximate surface area is 126 Å². The predicted molar refractivity (Wildman–Crippen MR) is 91.0 cm³/mol. The van der Waals surface area contributed by atoms with Gasteiger partial charge in [0.25, 0.3) is 0 Å². The van der Waals surface area contributed by atoms with Crippen LogP contribution < -0.4 is 5.32 Å². The van der Waals surface area contributed by atoms with Gasteiger partial charge >= 0.3 is 0 Å². The fourth-order valence-electron chi connectivity index (χ4n) is 1.29. The van der Waals surface area contributed by atoms with Crippen molar-refractivity contribution in [3.63, 3.8) is 0 Å². The number of nitrogens with one attached hydrogen (secondary N) is 1. The van der Waals surface area contributed by atoms with Crippen LogP contribution in [0.3, 0.4) is 0 Å².